The first-order chi connectivity index (χ1) is 11.8. The molecular weight excluding hydrogens is 419 g/mol. The van der Waals surface area contributed by atoms with Crippen molar-refractivity contribution in [1.29, 1.82) is 4.78 Å². The zero-order valence-electron chi connectivity index (χ0n) is 13.1. The SMILES string of the molecule is CS(=N)(=O)CCCNc1nonc1C(=Nc1ccc(F)c(Br)c1)NO. The van der Waals surface area contributed by atoms with Gasteiger partial charge < -0.3 is 5.32 Å². The molecule has 0 aliphatic carbocycles. The minimum atomic E-state index is -2.56. The van der Waals surface area contributed by atoms with Gasteiger partial charge in [0.1, 0.15) is 5.82 Å². The van der Waals surface area contributed by atoms with Crippen molar-refractivity contribution >= 4 is 43.0 Å². The number of nitrogens with one attached hydrogen (secondary N) is 3. The number of nitrogens with zero attached hydrogens (tertiary/aromatic N) is 3. The summed E-state index contributed by atoms with van der Waals surface area (Å²) in [6.07, 6.45) is 1.85. The molecule has 25 heavy (non-hydrogen) atoms. The summed E-state index contributed by atoms with van der Waals surface area (Å²) in [4.78, 5) is 4.13. The van der Waals surface area contributed by atoms with Crippen LogP contribution in [0, 0.1) is 10.6 Å². The van der Waals surface area contributed by atoms with Gasteiger partial charge in [0, 0.05) is 28.3 Å². The summed E-state index contributed by atoms with van der Waals surface area (Å²) < 4.78 is 36.8. The van der Waals surface area contributed by atoms with Crippen LogP contribution in [0.1, 0.15) is 12.1 Å². The Morgan fingerprint density at radius 3 is 2.92 bits per heavy atom. The van der Waals surface area contributed by atoms with E-state index in [4.69, 9.17) is 4.78 Å². The highest BCUT2D eigenvalue weighted by atomic mass is 79.9. The summed E-state index contributed by atoms with van der Waals surface area (Å²) in [5, 5.41) is 19.6. The molecule has 12 heteroatoms. The molecule has 0 spiro atoms. The van der Waals surface area contributed by atoms with E-state index in [-0.39, 0.29) is 27.6 Å². The number of anilines is 1. The zero-order chi connectivity index (χ0) is 18.4. The molecule has 0 bridgehead atoms. The van der Waals surface area contributed by atoms with E-state index in [9.17, 15) is 13.8 Å². The molecular formula is C13H16BrFN6O3S. The van der Waals surface area contributed by atoms with Gasteiger partial charge in [-0.25, -0.2) is 14.0 Å². The standard InChI is InChI=1S/C13H16BrFN6O3S/c1-25(16,23)6-2-5-17-12-11(20-24-21-12)13(19-22)18-8-3-4-10(15)9(14)7-8/h3-4,7,16,22H,2,5-6H2,1H3,(H,17,21)(H,18,19). The van der Waals surface area contributed by atoms with Crippen LogP contribution in [-0.4, -0.2) is 44.1 Å². The molecule has 1 aromatic heterocycles. The maximum absolute atomic E-state index is 13.3. The Hall–Kier alpha value is -2.05. The van der Waals surface area contributed by atoms with E-state index in [0.717, 1.165) is 0 Å². The Kier molecular flexibility index (Phi) is 6.45. The number of amidine groups is 1. The van der Waals surface area contributed by atoms with Crippen LogP contribution >= 0.6 is 15.9 Å². The maximum Gasteiger partial charge on any atom is 0.202 e. The van der Waals surface area contributed by atoms with E-state index < -0.39 is 15.5 Å². The van der Waals surface area contributed by atoms with Crippen LogP contribution in [0.2, 0.25) is 0 Å². The lowest BCUT2D eigenvalue weighted by molar-refractivity contribution is 0.234. The molecule has 1 unspecified atom stereocenters. The predicted molar refractivity (Wildman–Crippen MR) is 94.3 cm³/mol. The first kappa shape index (κ1) is 19.3. The van der Waals surface area contributed by atoms with E-state index in [1.807, 2.05) is 5.48 Å². The fraction of sp³-hybridized carbons (Fsp3) is 0.308. The smallest absolute Gasteiger partial charge is 0.202 e. The van der Waals surface area contributed by atoms with Crippen LogP contribution in [0.25, 0.3) is 0 Å². The average molecular weight is 435 g/mol. The van der Waals surface area contributed by atoms with Crippen LogP contribution in [0.3, 0.4) is 0 Å². The molecule has 0 saturated heterocycles. The molecule has 0 saturated carbocycles. The number of benzene rings is 1. The Morgan fingerprint density at radius 1 is 1.52 bits per heavy atom. The van der Waals surface area contributed by atoms with E-state index in [0.29, 0.717) is 18.7 Å². The average Bonchev–Trinajstić information content (AvgIpc) is 3.00. The molecule has 4 N–H and O–H groups in total. The molecule has 0 fully saturated rings. The summed E-state index contributed by atoms with van der Waals surface area (Å²) >= 11 is 3.05. The quantitative estimate of drug-likeness (QED) is 0.227. The Labute approximate surface area is 151 Å². The van der Waals surface area contributed by atoms with Crippen molar-refractivity contribution in [3.63, 3.8) is 0 Å². The van der Waals surface area contributed by atoms with Gasteiger partial charge in [0.2, 0.25) is 5.82 Å². The molecule has 9 nitrogen and oxygen atoms in total. The Bertz CT molecular complexity index is 870. The highest BCUT2D eigenvalue weighted by Crippen LogP contribution is 2.23. The molecule has 2 aromatic rings. The molecule has 0 radical (unpaired) electrons. The number of hydrogen-bond acceptors (Lipinski definition) is 8. The van der Waals surface area contributed by atoms with Gasteiger partial charge in [-0.3, -0.25) is 19.7 Å². The van der Waals surface area contributed by atoms with Crippen molar-refractivity contribution in [1.82, 2.24) is 15.8 Å². The molecule has 1 heterocycles. The molecule has 0 amide bonds. The Balaban J connectivity index is 2.14. The largest absolute Gasteiger partial charge is 0.365 e. The van der Waals surface area contributed by atoms with Crippen LogP contribution in [0.15, 0.2) is 32.3 Å². The summed E-state index contributed by atoms with van der Waals surface area (Å²) in [5.41, 5.74) is 2.38. The highest BCUT2D eigenvalue weighted by molar-refractivity contribution is 9.10. The lowest BCUT2D eigenvalue weighted by atomic mass is 10.3. The predicted octanol–water partition coefficient (Wildman–Crippen LogP) is 2.51. The molecule has 0 aliphatic rings. The number of rotatable bonds is 7. The second-order valence-corrected chi connectivity index (χ2v) is 8.39. The topological polar surface area (TPSA) is 136 Å². The molecule has 2 rings (SSSR count). The third-order valence-electron chi connectivity index (χ3n) is 2.97. The minimum absolute atomic E-state index is 0.0537. The van der Waals surface area contributed by atoms with E-state index in [2.05, 4.69) is 41.2 Å². The van der Waals surface area contributed by atoms with Gasteiger partial charge in [0.25, 0.3) is 0 Å². The number of hydrogen-bond donors (Lipinski definition) is 4. The summed E-state index contributed by atoms with van der Waals surface area (Å²) in [5.74, 6) is -0.0374. The third kappa shape index (κ3) is 5.76. The van der Waals surface area contributed by atoms with Gasteiger partial charge in [0.05, 0.1) is 10.2 Å². The highest BCUT2D eigenvalue weighted by Gasteiger charge is 2.16. The lowest BCUT2D eigenvalue weighted by Gasteiger charge is -2.06. The van der Waals surface area contributed by atoms with Gasteiger partial charge in [0.15, 0.2) is 11.5 Å². The van der Waals surface area contributed by atoms with Crippen molar-refractivity contribution in [2.45, 2.75) is 6.42 Å². The fourth-order valence-corrected chi connectivity index (χ4v) is 2.89. The maximum atomic E-state index is 13.3. The molecule has 0 aliphatic heterocycles. The first-order valence-corrected chi connectivity index (χ1v) is 9.95. The molecule has 1 aromatic carbocycles. The van der Waals surface area contributed by atoms with Gasteiger partial charge >= 0.3 is 0 Å². The van der Waals surface area contributed by atoms with Crippen LogP contribution < -0.4 is 10.8 Å². The number of halogens is 2. The number of aliphatic imine (C=N–C) groups is 1. The summed E-state index contributed by atoms with van der Waals surface area (Å²) in [7, 11) is -2.56. The summed E-state index contributed by atoms with van der Waals surface area (Å²) in [6, 6.07) is 4.07. The number of aromatic nitrogens is 2. The van der Waals surface area contributed by atoms with E-state index in [1.165, 1.54) is 24.5 Å². The fourth-order valence-electron chi connectivity index (χ4n) is 1.83. The van der Waals surface area contributed by atoms with Gasteiger partial charge in [-0.2, -0.15) is 0 Å². The first-order valence-electron chi connectivity index (χ1n) is 7.02. The van der Waals surface area contributed by atoms with Crippen molar-refractivity contribution in [2.75, 3.05) is 23.9 Å². The summed E-state index contributed by atoms with van der Waals surface area (Å²) in [6.45, 7) is 0.381. The van der Waals surface area contributed by atoms with Crippen molar-refractivity contribution in [2.24, 2.45) is 4.99 Å². The van der Waals surface area contributed by atoms with Gasteiger partial charge in [-0.15, -0.1) is 0 Å². The second kappa shape index (κ2) is 8.36. The number of hydroxylamine groups is 1. The third-order valence-corrected chi connectivity index (χ3v) is 4.64. The van der Waals surface area contributed by atoms with Crippen molar-refractivity contribution in [3.05, 3.63) is 34.2 Å². The van der Waals surface area contributed by atoms with E-state index in [1.54, 1.807) is 0 Å². The van der Waals surface area contributed by atoms with Gasteiger partial charge in [-0.1, -0.05) is 0 Å². The van der Waals surface area contributed by atoms with Crippen LogP contribution in [0.4, 0.5) is 15.9 Å². The van der Waals surface area contributed by atoms with Crippen molar-refractivity contribution in [3.8, 4) is 0 Å². The molecule has 136 valence electrons. The monoisotopic (exact) mass is 434 g/mol. The zero-order valence-corrected chi connectivity index (χ0v) is 15.5. The van der Waals surface area contributed by atoms with E-state index >= 15 is 0 Å². The van der Waals surface area contributed by atoms with Gasteiger partial charge in [-0.05, 0) is 50.9 Å². The van der Waals surface area contributed by atoms with Crippen LogP contribution in [0.5, 0.6) is 0 Å². The molecule has 1 atom stereocenters. The minimum Gasteiger partial charge on any atom is -0.365 e. The normalized spacial score (nSPS) is 14.2. The Morgan fingerprint density at radius 2 is 2.28 bits per heavy atom. The van der Waals surface area contributed by atoms with Crippen molar-refractivity contribution < 1.29 is 18.4 Å². The second-order valence-electron chi connectivity index (χ2n) is 5.12. The van der Waals surface area contributed by atoms with Crippen LogP contribution in [-0.2, 0) is 9.73 Å². The lowest BCUT2D eigenvalue weighted by Crippen LogP contribution is -2.22.